The summed E-state index contributed by atoms with van der Waals surface area (Å²) < 4.78 is 38.0. The molecule has 3 heterocycles. The van der Waals surface area contributed by atoms with Crippen molar-refractivity contribution in [3.05, 3.63) is 53.6 Å². The number of ether oxygens (including phenoxy) is 2. The molecule has 0 atom stereocenters. The van der Waals surface area contributed by atoms with Crippen LogP contribution in [0.4, 0.5) is 0 Å². The summed E-state index contributed by atoms with van der Waals surface area (Å²) in [5.41, 5.74) is 2.16. The van der Waals surface area contributed by atoms with Gasteiger partial charge in [0, 0.05) is 52.2 Å². The molecule has 2 aromatic carbocycles. The number of carbonyl (C=O) groups excluding carboxylic acids is 1. The fourth-order valence-electron chi connectivity index (χ4n) is 4.94. The molecule has 3 aliphatic rings. The first kappa shape index (κ1) is 24.1. The standard InChI is InChI=1S/C26H33N3O5S/c30-26(11-7-21-4-8-23(9-5-21)35(31,32)29-12-2-1-3-13-29)28-16-14-27(15-17-28)19-22-6-10-24-25(18-22)34-20-33-24/h4-6,8-10,18H,1-3,7,11-17,19-20H2. The second-order valence-corrected chi connectivity index (χ2v) is 11.4. The van der Waals surface area contributed by atoms with E-state index in [1.807, 2.05) is 29.2 Å². The number of amides is 1. The first-order valence-corrected chi connectivity index (χ1v) is 13.9. The SMILES string of the molecule is O=C(CCc1ccc(S(=O)(=O)N2CCCCC2)cc1)N1CCN(Cc2ccc3c(c2)OCO3)CC1. The summed E-state index contributed by atoms with van der Waals surface area (Å²) in [4.78, 5) is 17.4. The van der Waals surface area contributed by atoms with Crippen LogP contribution in [0.25, 0.3) is 0 Å². The number of sulfonamides is 1. The lowest BCUT2D eigenvalue weighted by Crippen LogP contribution is -2.48. The van der Waals surface area contributed by atoms with Gasteiger partial charge in [-0.2, -0.15) is 4.31 Å². The Bertz CT molecular complexity index is 1140. The zero-order chi connectivity index (χ0) is 24.3. The Morgan fingerprint density at radius 1 is 0.800 bits per heavy atom. The van der Waals surface area contributed by atoms with Gasteiger partial charge in [0.2, 0.25) is 22.7 Å². The van der Waals surface area contributed by atoms with E-state index in [0.29, 0.717) is 30.8 Å². The molecule has 2 saturated heterocycles. The minimum Gasteiger partial charge on any atom is -0.454 e. The van der Waals surface area contributed by atoms with Crippen LogP contribution in [0.2, 0.25) is 0 Å². The van der Waals surface area contributed by atoms with Gasteiger partial charge in [-0.15, -0.1) is 0 Å². The topological polar surface area (TPSA) is 79.4 Å². The highest BCUT2D eigenvalue weighted by atomic mass is 32.2. The number of benzene rings is 2. The highest BCUT2D eigenvalue weighted by Gasteiger charge is 2.26. The maximum absolute atomic E-state index is 12.8. The summed E-state index contributed by atoms with van der Waals surface area (Å²) in [5, 5.41) is 0. The summed E-state index contributed by atoms with van der Waals surface area (Å²) in [7, 11) is -3.42. The van der Waals surface area contributed by atoms with Gasteiger partial charge in [-0.1, -0.05) is 24.6 Å². The summed E-state index contributed by atoms with van der Waals surface area (Å²) in [6, 6.07) is 13.1. The molecule has 0 unspecified atom stereocenters. The van der Waals surface area contributed by atoms with Crippen molar-refractivity contribution in [2.45, 2.75) is 43.5 Å². The van der Waals surface area contributed by atoms with E-state index >= 15 is 0 Å². The van der Waals surface area contributed by atoms with Crippen molar-refractivity contribution in [3.8, 4) is 11.5 Å². The van der Waals surface area contributed by atoms with E-state index in [1.54, 1.807) is 16.4 Å². The first-order valence-electron chi connectivity index (χ1n) is 12.5. The van der Waals surface area contributed by atoms with Crippen LogP contribution in [-0.2, 0) is 27.8 Å². The summed E-state index contributed by atoms with van der Waals surface area (Å²) >= 11 is 0. The van der Waals surface area contributed by atoms with Crippen molar-refractivity contribution in [2.24, 2.45) is 0 Å². The van der Waals surface area contributed by atoms with E-state index in [-0.39, 0.29) is 12.7 Å². The van der Waals surface area contributed by atoms with Gasteiger partial charge in [0.05, 0.1) is 4.90 Å². The lowest BCUT2D eigenvalue weighted by Gasteiger charge is -2.35. The summed E-state index contributed by atoms with van der Waals surface area (Å²) in [6.45, 7) is 5.41. The molecule has 0 N–H and O–H groups in total. The molecule has 9 heteroatoms. The second kappa shape index (κ2) is 10.6. The Labute approximate surface area is 207 Å². The number of nitrogens with zero attached hydrogens (tertiary/aromatic N) is 3. The second-order valence-electron chi connectivity index (χ2n) is 9.45. The molecule has 0 radical (unpaired) electrons. The third kappa shape index (κ3) is 5.63. The average Bonchev–Trinajstić information content (AvgIpc) is 3.36. The summed E-state index contributed by atoms with van der Waals surface area (Å²) in [5.74, 6) is 1.74. The average molecular weight is 500 g/mol. The Morgan fingerprint density at radius 3 is 2.23 bits per heavy atom. The molecule has 5 rings (SSSR count). The van der Waals surface area contributed by atoms with Gasteiger partial charge in [0.25, 0.3) is 0 Å². The van der Waals surface area contributed by atoms with Gasteiger partial charge in [0.15, 0.2) is 11.5 Å². The maximum Gasteiger partial charge on any atom is 0.243 e. The lowest BCUT2D eigenvalue weighted by molar-refractivity contribution is -0.133. The minimum atomic E-state index is -3.42. The molecule has 188 valence electrons. The van der Waals surface area contributed by atoms with Crippen molar-refractivity contribution >= 4 is 15.9 Å². The Hall–Kier alpha value is -2.62. The van der Waals surface area contributed by atoms with Crippen molar-refractivity contribution < 1.29 is 22.7 Å². The fourth-order valence-corrected chi connectivity index (χ4v) is 6.46. The number of piperazine rings is 1. The molecule has 0 aromatic heterocycles. The number of carbonyl (C=O) groups is 1. The van der Waals surface area contributed by atoms with Crippen LogP contribution >= 0.6 is 0 Å². The quantitative estimate of drug-likeness (QED) is 0.583. The van der Waals surface area contributed by atoms with E-state index < -0.39 is 10.0 Å². The van der Waals surface area contributed by atoms with E-state index in [9.17, 15) is 13.2 Å². The van der Waals surface area contributed by atoms with Crippen molar-refractivity contribution in [3.63, 3.8) is 0 Å². The largest absolute Gasteiger partial charge is 0.454 e. The highest BCUT2D eigenvalue weighted by molar-refractivity contribution is 7.89. The molecule has 8 nitrogen and oxygen atoms in total. The highest BCUT2D eigenvalue weighted by Crippen LogP contribution is 2.33. The maximum atomic E-state index is 12.8. The van der Waals surface area contributed by atoms with Crippen LogP contribution in [-0.4, -0.2) is 74.5 Å². The molecule has 2 aromatic rings. The third-order valence-electron chi connectivity index (χ3n) is 7.07. The number of hydrogen-bond acceptors (Lipinski definition) is 6. The molecule has 0 bridgehead atoms. The smallest absolute Gasteiger partial charge is 0.243 e. The van der Waals surface area contributed by atoms with Gasteiger partial charge in [-0.3, -0.25) is 9.69 Å². The Morgan fingerprint density at radius 2 is 1.49 bits per heavy atom. The van der Waals surface area contributed by atoms with E-state index in [4.69, 9.17) is 9.47 Å². The molecular formula is C26H33N3O5S. The van der Waals surface area contributed by atoms with Gasteiger partial charge >= 0.3 is 0 Å². The van der Waals surface area contributed by atoms with Gasteiger partial charge in [-0.05, 0) is 54.7 Å². The Balaban J connectivity index is 1.08. The predicted molar refractivity (Wildman–Crippen MR) is 132 cm³/mol. The number of fused-ring (bicyclic) bond motifs is 1. The van der Waals surface area contributed by atoms with E-state index in [0.717, 1.165) is 69.0 Å². The molecule has 2 fully saturated rings. The van der Waals surface area contributed by atoms with Crippen molar-refractivity contribution in [2.75, 3.05) is 46.1 Å². The predicted octanol–water partition coefficient (Wildman–Crippen LogP) is 2.87. The van der Waals surface area contributed by atoms with Crippen molar-refractivity contribution in [1.82, 2.24) is 14.1 Å². The van der Waals surface area contributed by atoms with Crippen LogP contribution < -0.4 is 9.47 Å². The van der Waals surface area contributed by atoms with Gasteiger partial charge < -0.3 is 14.4 Å². The number of rotatable bonds is 7. The molecule has 0 spiro atoms. The normalized spacial score (nSPS) is 19.1. The van der Waals surface area contributed by atoms with Crippen LogP contribution in [0.15, 0.2) is 47.4 Å². The lowest BCUT2D eigenvalue weighted by atomic mass is 10.1. The third-order valence-corrected chi connectivity index (χ3v) is 8.98. The molecule has 0 saturated carbocycles. The van der Waals surface area contributed by atoms with Crippen LogP contribution in [0.5, 0.6) is 11.5 Å². The van der Waals surface area contributed by atoms with E-state index in [1.165, 1.54) is 5.56 Å². The van der Waals surface area contributed by atoms with Gasteiger partial charge in [0.1, 0.15) is 0 Å². The molecule has 0 aliphatic carbocycles. The van der Waals surface area contributed by atoms with Crippen LogP contribution in [0, 0.1) is 0 Å². The molecule has 35 heavy (non-hydrogen) atoms. The monoisotopic (exact) mass is 499 g/mol. The molecule has 3 aliphatic heterocycles. The number of aryl methyl sites for hydroxylation is 1. The summed E-state index contributed by atoms with van der Waals surface area (Å²) in [6.07, 6.45) is 3.98. The minimum absolute atomic E-state index is 0.151. The Kier molecular flexibility index (Phi) is 7.27. The van der Waals surface area contributed by atoms with E-state index in [2.05, 4.69) is 11.0 Å². The zero-order valence-corrected chi connectivity index (χ0v) is 20.8. The molecule has 1 amide bonds. The zero-order valence-electron chi connectivity index (χ0n) is 20.0. The fraction of sp³-hybridized carbons (Fsp3) is 0.500. The number of piperidine rings is 1. The van der Waals surface area contributed by atoms with Crippen LogP contribution in [0.3, 0.4) is 0 Å². The van der Waals surface area contributed by atoms with Crippen molar-refractivity contribution in [1.29, 1.82) is 0 Å². The van der Waals surface area contributed by atoms with Gasteiger partial charge in [-0.25, -0.2) is 8.42 Å². The number of hydrogen-bond donors (Lipinski definition) is 0. The first-order chi connectivity index (χ1) is 17.0. The van der Waals surface area contributed by atoms with Crippen LogP contribution in [0.1, 0.15) is 36.8 Å². The molecular weight excluding hydrogens is 466 g/mol.